The summed E-state index contributed by atoms with van der Waals surface area (Å²) in [7, 11) is 0. The predicted octanol–water partition coefficient (Wildman–Crippen LogP) is 3.47. The number of rotatable bonds is 6. The zero-order valence-corrected chi connectivity index (χ0v) is 15.0. The van der Waals surface area contributed by atoms with Crippen molar-refractivity contribution in [2.45, 2.75) is 38.1 Å². The van der Waals surface area contributed by atoms with Gasteiger partial charge in [0.05, 0.1) is 4.47 Å². The molecule has 0 radical (unpaired) electrons. The Kier molecular flexibility index (Phi) is 7.17. The molecule has 1 fully saturated rings. The highest BCUT2D eigenvalue weighted by Crippen LogP contribution is 2.27. The van der Waals surface area contributed by atoms with Crippen LogP contribution in [0.3, 0.4) is 0 Å². The van der Waals surface area contributed by atoms with Gasteiger partial charge in [-0.2, -0.15) is 0 Å². The molecule has 0 spiro atoms. The maximum Gasteiger partial charge on any atom is 0.344 e. The number of esters is 1. The van der Waals surface area contributed by atoms with Crippen molar-refractivity contribution in [3.05, 3.63) is 27.7 Å². The molecule has 1 amide bonds. The molecule has 1 saturated carbocycles. The van der Waals surface area contributed by atoms with Crippen LogP contribution in [0.1, 0.15) is 32.1 Å². The van der Waals surface area contributed by atoms with E-state index in [0.29, 0.717) is 15.2 Å². The summed E-state index contributed by atoms with van der Waals surface area (Å²) in [6, 6.07) is 5.18. The Hall–Kier alpha value is -1.27. The maximum absolute atomic E-state index is 11.7. The molecule has 1 aliphatic rings. The average molecular weight is 405 g/mol. The van der Waals surface area contributed by atoms with Crippen LogP contribution in [0.15, 0.2) is 22.7 Å². The Morgan fingerprint density at radius 2 is 1.96 bits per heavy atom. The highest BCUT2D eigenvalue weighted by Gasteiger charge is 2.16. The minimum Gasteiger partial charge on any atom is -0.481 e. The van der Waals surface area contributed by atoms with Gasteiger partial charge in [-0.3, -0.25) is 4.79 Å². The van der Waals surface area contributed by atoms with Crippen molar-refractivity contribution in [3.8, 4) is 5.75 Å². The summed E-state index contributed by atoms with van der Waals surface area (Å²) >= 11 is 9.11. The molecular weight excluding hydrogens is 386 g/mol. The monoisotopic (exact) mass is 403 g/mol. The van der Waals surface area contributed by atoms with Crippen molar-refractivity contribution in [2.24, 2.45) is 0 Å². The van der Waals surface area contributed by atoms with Crippen LogP contribution in [-0.4, -0.2) is 31.1 Å². The Morgan fingerprint density at radius 3 is 2.65 bits per heavy atom. The number of ether oxygens (including phenoxy) is 2. The molecule has 0 atom stereocenters. The highest BCUT2D eigenvalue weighted by atomic mass is 79.9. The topological polar surface area (TPSA) is 64.6 Å². The number of carbonyl (C=O) groups excluding carboxylic acids is 2. The number of hydrogen-bond acceptors (Lipinski definition) is 4. The molecule has 1 aromatic rings. The molecule has 2 rings (SSSR count). The third-order valence-electron chi connectivity index (χ3n) is 3.57. The second-order valence-corrected chi connectivity index (χ2v) is 6.72. The highest BCUT2D eigenvalue weighted by molar-refractivity contribution is 9.10. The largest absolute Gasteiger partial charge is 0.481 e. The molecular formula is C16H19BrClNO4. The Balaban J connectivity index is 1.67. The van der Waals surface area contributed by atoms with E-state index >= 15 is 0 Å². The molecule has 0 saturated heterocycles. The summed E-state index contributed by atoms with van der Waals surface area (Å²) in [6.07, 6.45) is 5.48. The van der Waals surface area contributed by atoms with Gasteiger partial charge < -0.3 is 14.8 Å². The number of nitrogens with one attached hydrogen (secondary N) is 1. The lowest BCUT2D eigenvalue weighted by molar-refractivity contribution is -0.150. The number of halogens is 2. The Labute approximate surface area is 148 Å². The van der Waals surface area contributed by atoms with E-state index in [1.807, 2.05) is 0 Å². The van der Waals surface area contributed by atoms with E-state index in [4.69, 9.17) is 21.1 Å². The lowest BCUT2D eigenvalue weighted by atomic mass is 9.95. The molecule has 126 valence electrons. The number of carbonyl (C=O) groups is 2. The fourth-order valence-electron chi connectivity index (χ4n) is 2.43. The molecule has 1 aromatic carbocycles. The van der Waals surface area contributed by atoms with E-state index in [9.17, 15) is 9.59 Å². The first kappa shape index (κ1) is 18.1. The van der Waals surface area contributed by atoms with Crippen LogP contribution < -0.4 is 10.1 Å². The summed E-state index contributed by atoms with van der Waals surface area (Å²) < 4.78 is 10.9. The lowest BCUT2D eigenvalue weighted by Crippen LogP contribution is -2.39. The van der Waals surface area contributed by atoms with Crippen LogP contribution in [0.25, 0.3) is 0 Å². The van der Waals surface area contributed by atoms with Crippen LogP contribution in [0, 0.1) is 0 Å². The van der Waals surface area contributed by atoms with Crippen molar-refractivity contribution in [1.29, 1.82) is 0 Å². The number of hydrogen-bond donors (Lipinski definition) is 1. The van der Waals surface area contributed by atoms with Crippen molar-refractivity contribution in [1.82, 2.24) is 5.32 Å². The van der Waals surface area contributed by atoms with Gasteiger partial charge in [0.15, 0.2) is 13.2 Å². The molecule has 0 unspecified atom stereocenters. The average Bonchev–Trinajstić information content (AvgIpc) is 2.53. The molecule has 23 heavy (non-hydrogen) atoms. The van der Waals surface area contributed by atoms with Crippen LogP contribution >= 0.6 is 27.5 Å². The van der Waals surface area contributed by atoms with Gasteiger partial charge in [-0.1, -0.05) is 30.9 Å². The van der Waals surface area contributed by atoms with E-state index in [1.54, 1.807) is 18.2 Å². The summed E-state index contributed by atoms with van der Waals surface area (Å²) in [4.78, 5) is 23.4. The molecule has 0 bridgehead atoms. The van der Waals surface area contributed by atoms with Crippen molar-refractivity contribution < 1.29 is 19.1 Å². The van der Waals surface area contributed by atoms with Crippen LogP contribution in [0.2, 0.25) is 5.02 Å². The molecule has 1 aliphatic carbocycles. The first-order valence-electron chi connectivity index (χ1n) is 7.57. The van der Waals surface area contributed by atoms with Crippen molar-refractivity contribution >= 4 is 39.4 Å². The van der Waals surface area contributed by atoms with Crippen LogP contribution in [0.5, 0.6) is 5.75 Å². The summed E-state index contributed by atoms with van der Waals surface area (Å²) in [5, 5.41) is 3.45. The normalized spacial score (nSPS) is 15.0. The van der Waals surface area contributed by atoms with E-state index < -0.39 is 5.97 Å². The first-order valence-corrected chi connectivity index (χ1v) is 8.74. The number of amides is 1. The second kappa shape index (κ2) is 9.13. The zero-order valence-electron chi connectivity index (χ0n) is 12.6. The van der Waals surface area contributed by atoms with Gasteiger partial charge in [-0.15, -0.1) is 0 Å². The third kappa shape index (κ3) is 6.39. The van der Waals surface area contributed by atoms with Crippen LogP contribution in [0.4, 0.5) is 0 Å². The SMILES string of the molecule is O=C(COC(=O)COc1ccc(Cl)cc1Br)NC1CCCCC1. The molecule has 0 heterocycles. The van der Waals surface area contributed by atoms with E-state index in [1.165, 1.54) is 6.42 Å². The zero-order chi connectivity index (χ0) is 16.7. The van der Waals surface area contributed by atoms with E-state index in [0.717, 1.165) is 25.7 Å². The van der Waals surface area contributed by atoms with Gasteiger partial charge in [-0.25, -0.2) is 4.79 Å². The van der Waals surface area contributed by atoms with E-state index in [-0.39, 0.29) is 25.2 Å². The molecule has 5 nitrogen and oxygen atoms in total. The lowest BCUT2D eigenvalue weighted by Gasteiger charge is -2.22. The smallest absolute Gasteiger partial charge is 0.344 e. The Bertz CT molecular complexity index is 561. The van der Waals surface area contributed by atoms with Crippen LogP contribution in [-0.2, 0) is 14.3 Å². The van der Waals surface area contributed by atoms with Gasteiger partial charge in [0.1, 0.15) is 5.75 Å². The summed E-state index contributed by atoms with van der Waals surface area (Å²) in [5.41, 5.74) is 0. The van der Waals surface area contributed by atoms with Gasteiger partial charge in [0.2, 0.25) is 0 Å². The number of benzene rings is 1. The van der Waals surface area contributed by atoms with Gasteiger partial charge in [0.25, 0.3) is 5.91 Å². The molecule has 0 aliphatic heterocycles. The first-order chi connectivity index (χ1) is 11.0. The minimum absolute atomic E-state index is 0.205. The fraction of sp³-hybridized carbons (Fsp3) is 0.500. The maximum atomic E-state index is 11.7. The van der Waals surface area contributed by atoms with Crippen molar-refractivity contribution in [3.63, 3.8) is 0 Å². The standard InChI is InChI=1S/C16H19BrClNO4/c17-13-8-11(18)6-7-14(13)22-10-16(21)23-9-15(20)19-12-4-2-1-3-5-12/h6-8,12H,1-5,9-10H2,(H,19,20). The quantitative estimate of drug-likeness (QED) is 0.737. The van der Waals surface area contributed by atoms with Crippen molar-refractivity contribution in [2.75, 3.05) is 13.2 Å². The minimum atomic E-state index is -0.592. The molecule has 1 N–H and O–H groups in total. The van der Waals surface area contributed by atoms with Gasteiger partial charge >= 0.3 is 5.97 Å². The predicted molar refractivity (Wildman–Crippen MR) is 90.6 cm³/mol. The Morgan fingerprint density at radius 1 is 1.22 bits per heavy atom. The summed E-state index contributed by atoms with van der Waals surface area (Å²) in [6.45, 7) is -0.544. The van der Waals surface area contributed by atoms with E-state index in [2.05, 4.69) is 21.2 Å². The van der Waals surface area contributed by atoms with Gasteiger partial charge in [-0.05, 0) is 47.0 Å². The third-order valence-corrected chi connectivity index (χ3v) is 4.43. The second-order valence-electron chi connectivity index (χ2n) is 5.43. The molecule has 7 heteroatoms. The fourth-order valence-corrected chi connectivity index (χ4v) is 3.23. The summed E-state index contributed by atoms with van der Waals surface area (Å²) in [5.74, 6) is -0.374. The molecule has 0 aromatic heterocycles. The van der Waals surface area contributed by atoms with Gasteiger partial charge in [0, 0.05) is 11.1 Å².